The third-order valence-corrected chi connectivity index (χ3v) is 6.56. The Morgan fingerprint density at radius 1 is 1.15 bits per heavy atom. The molecule has 222 valence electrons. The summed E-state index contributed by atoms with van der Waals surface area (Å²) in [7, 11) is 1.58. The standard InChI is InChI=1S/C28H44N6O6/c1-7-8-14-30-25(37)22-15-20(32-26(38)31-18(2)24(29)36)17-34(22)23(35)16-21(19-12-10-9-11-13-19)33(6)27(39)40-28(3,4)5/h9-13,18,20-22H,7-8,14-17H2,1-6H3,(H2,29,36)(H,30,37)(H2,31,32,38)/t18-,20-,21+,22-/m0/s1. The van der Waals surface area contributed by atoms with Crippen molar-refractivity contribution in [3.8, 4) is 0 Å². The van der Waals surface area contributed by atoms with Crippen LogP contribution in [0.5, 0.6) is 0 Å². The number of nitrogens with one attached hydrogen (secondary N) is 3. The van der Waals surface area contributed by atoms with Crippen LogP contribution in [-0.4, -0.2) is 83.5 Å². The first kappa shape index (κ1) is 32.4. The molecule has 0 spiro atoms. The zero-order valence-corrected chi connectivity index (χ0v) is 24.4. The van der Waals surface area contributed by atoms with Gasteiger partial charge >= 0.3 is 12.1 Å². The number of benzene rings is 1. The summed E-state index contributed by atoms with van der Waals surface area (Å²) in [6.45, 7) is 9.31. The lowest BCUT2D eigenvalue weighted by Crippen LogP contribution is -2.50. The van der Waals surface area contributed by atoms with Crippen molar-refractivity contribution >= 4 is 29.8 Å². The molecule has 12 nitrogen and oxygen atoms in total. The summed E-state index contributed by atoms with van der Waals surface area (Å²) in [5.41, 5.74) is 5.24. The molecule has 1 aromatic rings. The number of ether oxygens (including phenoxy) is 1. The number of carbonyl (C=O) groups is 5. The molecule has 1 aromatic carbocycles. The van der Waals surface area contributed by atoms with Crippen LogP contribution < -0.4 is 21.7 Å². The third-order valence-electron chi connectivity index (χ3n) is 6.56. The molecule has 12 heteroatoms. The van der Waals surface area contributed by atoms with Gasteiger partial charge in [-0.3, -0.25) is 14.4 Å². The summed E-state index contributed by atoms with van der Waals surface area (Å²) in [5.74, 6) is -1.35. The molecule has 4 atom stereocenters. The molecule has 1 aliphatic heterocycles. The largest absolute Gasteiger partial charge is 0.444 e. The fourth-order valence-corrected chi connectivity index (χ4v) is 4.36. The van der Waals surface area contributed by atoms with Gasteiger partial charge in [-0.25, -0.2) is 9.59 Å². The van der Waals surface area contributed by atoms with Gasteiger partial charge in [0.25, 0.3) is 0 Å². The molecule has 0 bridgehead atoms. The number of urea groups is 1. The van der Waals surface area contributed by atoms with Crippen LogP contribution in [0.4, 0.5) is 9.59 Å². The molecule has 6 amide bonds. The van der Waals surface area contributed by atoms with Gasteiger partial charge in [-0.1, -0.05) is 43.7 Å². The second-order valence-corrected chi connectivity index (χ2v) is 11.1. The lowest BCUT2D eigenvalue weighted by molar-refractivity contribution is -0.139. The van der Waals surface area contributed by atoms with Gasteiger partial charge < -0.3 is 36.2 Å². The monoisotopic (exact) mass is 560 g/mol. The number of hydrogen-bond acceptors (Lipinski definition) is 6. The van der Waals surface area contributed by atoms with Crippen molar-refractivity contribution in [2.75, 3.05) is 20.1 Å². The molecule has 0 saturated carbocycles. The van der Waals surface area contributed by atoms with Gasteiger partial charge in [-0.15, -0.1) is 0 Å². The zero-order valence-electron chi connectivity index (χ0n) is 24.4. The van der Waals surface area contributed by atoms with Crippen LogP contribution >= 0.6 is 0 Å². The normalized spacial score (nSPS) is 18.3. The Hall–Kier alpha value is -3.83. The van der Waals surface area contributed by atoms with Gasteiger partial charge in [0.1, 0.15) is 17.7 Å². The van der Waals surface area contributed by atoms with E-state index in [0.717, 1.165) is 18.4 Å². The van der Waals surface area contributed by atoms with Crippen molar-refractivity contribution in [1.82, 2.24) is 25.8 Å². The molecular weight excluding hydrogens is 516 g/mol. The molecule has 1 saturated heterocycles. The van der Waals surface area contributed by atoms with Gasteiger partial charge in [-0.2, -0.15) is 0 Å². The van der Waals surface area contributed by atoms with E-state index >= 15 is 0 Å². The van der Waals surface area contributed by atoms with E-state index in [1.165, 1.54) is 16.7 Å². The van der Waals surface area contributed by atoms with Crippen molar-refractivity contribution in [2.45, 2.75) is 90.1 Å². The molecular formula is C28H44N6O6. The summed E-state index contributed by atoms with van der Waals surface area (Å²) < 4.78 is 5.54. The number of amides is 6. The van der Waals surface area contributed by atoms with Crippen LogP contribution in [0.15, 0.2) is 30.3 Å². The molecule has 1 heterocycles. The Bertz CT molecular complexity index is 1040. The van der Waals surface area contributed by atoms with E-state index in [-0.39, 0.29) is 31.2 Å². The lowest BCUT2D eigenvalue weighted by Gasteiger charge is -2.32. The van der Waals surface area contributed by atoms with Crippen LogP contribution in [0.2, 0.25) is 0 Å². The lowest BCUT2D eigenvalue weighted by atomic mass is 10.0. The van der Waals surface area contributed by atoms with Gasteiger partial charge in [-0.05, 0) is 46.1 Å². The second-order valence-electron chi connectivity index (χ2n) is 11.1. The van der Waals surface area contributed by atoms with E-state index in [9.17, 15) is 24.0 Å². The van der Waals surface area contributed by atoms with E-state index in [1.54, 1.807) is 27.8 Å². The highest BCUT2D eigenvalue weighted by atomic mass is 16.6. The number of primary amides is 1. The minimum absolute atomic E-state index is 0.0841. The highest BCUT2D eigenvalue weighted by Crippen LogP contribution is 2.28. The smallest absolute Gasteiger partial charge is 0.410 e. The van der Waals surface area contributed by atoms with Crippen molar-refractivity contribution in [3.63, 3.8) is 0 Å². The van der Waals surface area contributed by atoms with Crippen molar-refractivity contribution < 1.29 is 28.7 Å². The molecule has 40 heavy (non-hydrogen) atoms. The molecule has 1 aliphatic rings. The zero-order chi connectivity index (χ0) is 30.0. The average Bonchev–Trinajstić information content (AvgIpc) is 3.30. The summed E-state index contributed by atoms with van der Waals surface area (Å²) in [5, 5.41) is 8.06. The molecule has 0 radical (unpaired) electrons. The average molecular weight is 561 g/mol. The van der Waals surface area contributed by atoms with Gasteiger partial charge in [0.05, 0.1) is 18.5 Å². The Balaban J connectivity index is 2.26. The van der Waals surface area contributed by atoms with Crippen LogP contribution in [-0.2, 0) is 19.1 Å². The molecule has 1 fully saturated rings. The number of hydrogen-bond donors (Lipinski definition) is 4. The first-order valence-corrected chi connectivity index (χ1v) is 13.7. The quantitative estimate of drug-likeness (QED) is 0.303. The summed E-state index contributed by atoms with van der Waals surface area (Å²) in [6, 6.07) is 5.62. The summed E-state index contributed by atoms with van der Waals surface area (Å²) >= 11 is 0. The van der Waals surface area contributed by atoms with Crippen LogP contribution in [0, 0.1) is 0 Å². The van der Waals surface area contributed by atoms with Crippen molar-refractivity contribution in [1.29, 1.82) is 0 Å². The van der Waals surface area contributed by atoms with Crippen molar-refractivity contribution in [3.05, 3.63) is 35.9 Å². The number of unbranched alkanes of at least 4 members (excludes halogenated alkanes) is 1. The fourth-order valence-electron chi connectivity index (χ4n) is 4.36. The minimum Gasteiger partial charge on any atom is -0.444 e. The van der Waals surface area contributed by atoms with Crippen LogP contribution in [0.3, 0.4) is 0 Å². The Kier molecular flexibility index (Phi) is 11.8. The predicted molar refractivity (Wildman–Crippen MR) is 150 cm³/mol. The third kappa shape index (κ3) is 9.73. The topological polar surface area (TPSA) is 163 Å². The van der Waals surface area contributed by atoms with Gasteiger partial charge in [0.15, 0.2) is 0 Å². The second kappa shape index (κ2) is 14.5. The number of likely N-dealkylation sites (tertiary alicyclic amines) is 1. The van der Waals surface area contributed by atoms with Crippen LogP contribution in [0.1, 0.15) is 71.9 Å². The van der Waals surface area contributed by atoms with E-state index in [2.05, 4.69) is 16.0 Å². The molecule has 2 rings (SSSR count). The van der Waals surface area contributed by atoms with Crippen molar-refractivity contribution in [2.24, 2.45) is 5.73 Å². The Labute approximate surface area is 236 Å². The predicted octanol–water partition coefficient (Wildman–Crippen LogP) is 2.04. The Morgan fingerprint density at radius 2 is 1.80 bits per heavy atom. The first-order valence-electron chi connectivity index (χ1n) is 13.7. The van der Waals surface area contributed by atoms with Gasteiger partial charge in [0, 0.05) is 20.1 Å². The van der Waals surface area contributed by atoms with Gasteiger partial charge in [0.2, 0.25) is 17.7 Å². The highest BCUT2D eigenvalue weighted by molar-refractivity contribution is 5.89. The first-order chi connectivity index (χ1) is 18.7. The number of carbonyl (C=O) groups excluding carboxylic acids is 5. The number of nitrogens with two attached hydrogens (primary N) is 1. The van der Waals surface area contributed by atoms with E-state index in [1.807, 2.05) is 37.3 Å². The summed E-state index contributed by atoms with van der Waals surface area (Å²) in [4.78, 5) is 66.4. The van der Waals surface area contributed by atoms with Crippen LogP contribution in [0.25, 0.3) is 0 Å². The molecule has 0 aromatic heterocycles. The van der Waals surface area contributed by atoms with E-state index in [0.29, 0.717) is 6.54 Å². The number of nitrogens with zero attached hydrogens (tertiary/aromatic N) is 2. The maximum atomic E-state index is 13.8. The maximum Gasteiger partial charge on any atom is 0.410 e. The molecule has 0 aliphatic carbocycles. The maximum absolute atomic E-state index is 13.8. The molecule has 5 N–H and O–H groups in total. The Morgan fingerprint density at radius 3 is 2.38 bits per heavy atom. The summed E-state index contributed by atoms with van der Waals surface area (Å²) in [6.07, 6.45) is 1.20. The van der Waals surface area contributed by atoms with E-state index in [4.69, 9.17) is 10.5 Å². The van der Waals surface area contributed by atoms with E-state index < -0.39 is 47.8 Å². The number of rotatable bonds is 11. The molecule has 0 unspecified atom stereocenters. The minimum atomic E-state index is -0.887. The fraction of sp³-hybridized carbons (Fsp3) is 0.607. The highest BCUT2D eigenvalue weighted by Gasteiger charge is 2.41. The SMILES string of the molecule is CCCCNC(=O)[C@@H]1C[C@H](NC(=O)N[C@@H](C)C(N)=O)CN1C(=O)C[C@H](c1ccccc1)N(C)C(=O)OC(C)(C)C.